The molecule has 2 N–H and O–H groups in total. The normalized spacial score (nSPS) is 21.7. The Labute approximate surface area is 122 Å². The number of aryl methyl sites for hydroxylation is 2. The number of hydrogen-bond acceptors (Lipinski definition) is 4. The zero-order valence-electron chi connectivity index (χ0n) is 12.4. The van der Waals surface area contributed by atoms with Gasteiger partial charge in [-0.1, -0.05) is 0 Å². The van der Waals surface area contributed by atoms with Crippen LogP contribution in [0.1, 0.15) is 40.1 Å². The third-order valence-corrected chi connectivity index (χ3v) is 3.94. The Bertz CT molecular complexity index is 660. The Kier molecular flexibility index (Phi) is 3.50. The summed E-state index contributed by atoms with van der Waals surface area (Å²) in [4.78, 5) is 19.2. The molecule has 3 rings (SSSR count). The summed E-state index contributed by atoms with van der Waals surface area (Å²) in [7, 11) is 1.90. The highest BCUT2D eigenvalue weighted by atomic mass is 16.5. The van der Waals surface area contributed by atoms with Gasteiger partial charge in [-0.25, -0.2) is 4.98 Å². The molecule has 0 bridgehead atoms. The number of imidazole rings is 1. The van der Waals surface area contributed by atoms with Gasteiger partial charge in [-0.05, 0) is 20.3 Å². The summed E-state index contributed by atoms with van der Waals surface area (Å²) in [6.07, 6.45) is 4.00. The molecule has 0 saturated carbocycles. The molecule has 2 aromatic heterocycles. The number of carbonyl (C=O) groups excluding carboxylic acids is 1. The Morgan fingerprint density at radius 2 is 2.29 bits per heavy atom. The van der Waals surface area contributed by atoms with E-state index in [0.717, 1.165) is 23.5 Å². The highest BCUT2D eigenvalue weighted by Crippen LogP contribution is 2.31. The number of ether oxygens (including phenoxy) is 1. The van der Waals surface area contributed by atoms with Gasteiger partial charge in [-0.2, -0.15) is 5.10 Å². The molecule has 1 fully saturated rings. The Balaban J connectivity index is 1.75. The SMILES string of the molecule is Cc1ncc(C(=O)N[C@H]2CCO[C@@H]2c2cnn(C)c2C)[nH]1. The van der Waals surface area contributed by atoms with Gasteiger partial charge < -0.3 is 15.0 Å². The highest BCUT2D eigenvalue weighted by molar-refractivity contribution is 5.92. The van der Waals surface area contributed by atoms with E-state index in [4.69, 9.17) is 4.74 Å². The number of nitrogens with one attached hydrogen (secondary N) is 2. The van der Waals surface area contributed by atoms with Crippen LogP contribution in [0.3, 0.4) is 0 Å². The maximum absolute atomic E-state index is 12.2. The van der Waals surface area contributed by atoms with Gasteiger partial charge in [0, 0.05) is 24.9 Å². The molecule has 21 heavy (non-hydrogen) atoms. The van der Waals surface area contributed by atoms with E-state index in [0.29, 0.717) is 12.3 Å². The van der Waals surface area contributed by atoms with Crippen molar-refractivity contribution < 1.29 is 9.53 Å². The number of amides is 1. The summed E-state index contributed by atoms with van der Waals surface area (Å²) in [5.74, 6) is 0.570. The van der Waals surface area contributed by atoms with Crippen molar-refractivity contribution in [2.24, 2.45) is 7.05 Å². The molecule has 2 atom stereocenters. The number of carbonyl (C=O) groups is 1. The van der Waals surface area contributed by atoms with E-state index in [1.165, 1.54) is 0 Å². The third kappa shape index (κ3) is 2.56. The topological polar surface area (TPSA) is 84.8 Å². The first-order valence-corrected chi connectivity index (χ1v) is 6.99. The quantitative estimate of drug-likeness (QED) is 0.883. The summed E-state index contributed by atoms with van der Waals surface area (Å²) in [6, 6.07) is -0.0518. The smallest absolute Gasteiger partial charge is 0.269 e. The Hall–Kier alpha value is -2.15. The fourth-order valence-electron chi connectivity index (χ4n) is 2.62. The van der Waals surface area contributed by atoms with Gasteiger partial charge >= 0.3 is 0 Å². The van der Waals surface area contributed by atoms with Crippen molar-refractivity contribution in [3.05, 3.63) is 35.2 Å². The lowest BCUT2D eigenvalue weighted by molar-refractivity contribution is 0.0816. The Morgan fingerprint density at radius 3 is 2.90 bits per heavy atom. The standard InChI is InChI=1S/C14H19N5O2/c1-8-10(6-16-19(8)3)13-11(4-5-21-13)18-14(20)12-7-15-9(2)17-12/h6-7,11,13H,4-5H2,1-3H3,(H,15,17)(H,18,20)/t11-,13+/m0/s1. The van der Waals surface area contributed by atoms with Crippen LogP contribution in [0.4, 0.5) is 0 Å². The second-order valence-corrected chi connectivity index (χ2v) is 5.35. The lowest BCUT2D eigenvalue weighted by atomic mass is 10.0. The van der Waals surface area contributed by atoms with Gasteiger partial charge in [0.15, 0.2) is 0 Å². The second-order valence-electron chi connectivity index (χ2n) is 5.35. The molecule has 1 aliphatic heterocycles. The van der Waals surface area contributed by atoms with E-state index >= 15 is 0 Å². The Morgan fingerprint density at radius 1 is 1.48 bits per heavy atom. The van der Waals surface area contributed by atoms with Gasteiger partial charge in [-0.15, -0.1) is 0 Å². The first-order chi connectivity index (χ1) is 10.1. The molecular formula is C14H19N5O2. The largest absolute Gasteiger partial charge is 0.371 e. The maximum Gasteiger partial charge on any atom is 0.269 e. The zero-order chi connectivity index (χ0) is 15.0. The molecule has 1 aliphatic rings. The van der Waals surface area contributed by atoms with Crippen LogP contribution in [0, 0.1) is 13.8 Å². The number of H-pyrrole nitrogens is 1. The average Bonchev–Trinajstić information content (AvgIpc) is 3.14. The number of aromatic nitrogens is 4. The van der Waals surface area contributed by atoms with E-state index in [1.54, 1.807) is 6.20 Å². The summed E-state index contributed by atoms with van der Waals surface area (Å²) in [6.45, 7) is 4.45. The van der Waals surface area contributed by atoms with Gasteiger partial charge in [0.2, 0.25) is 0 Å². The molecule has 0 radical (unpaired) electrons. The molecule has 0 aromatic carbocycles. The molecule has 0 unspecified atom stereocenters. The predicted molar refractivity (Wildman–Crippen MR) is 75.8 cm³/mol. The molecule has 0 aliphatic carbocycles. The zero-order valence-corrected chi connectivity index (χ0v) is 12.4. The van der Waals surface area contributed by atoms with E-state index in [9.17, 15) is 4.79 Å². The second kappa shape index (κ2) is 5.33. The molecule has 3 heterocycles. The average molecular weight is 289 g/mol. The van der Waals surface area contributed by atoms with Crippen LogP contribution in [0.2, 0.25) is 0 Å². The van der Waals surface area contributed by atoms with Crippen LogP contribution in [0.25, 0.3) is 0 Å². The van der Waals surface area contributed by atoms with Crippen LogP contribution in [-0.2, 0) is 11.8 Å². The van der Waals surface area contributed by atoms with E-state index in [-0.39, 0.29) is 18.1 Å². The van der Waals surface area contributed by atoms with Gasteiger partial charge in [0.05, 0.1) is 18.4 Å². The maximum atomic E-state index is 12.2. The van der Waals surface area contributed by atoms with Crippen molar-refractivity contribution in [3.8, 4) is 0 Å². The number of aromatic amines is 1. The summed E-state index contributed by atoms with van der Waals surface area (Å²) in [5, 5.41) is 7.26. The molecule has 0 spiro atoms. The number of nitrogens with zero attached hydrogens (tertiary/aromatic N) is 3. The van der Waals surface area contributed by atoms with Crippen molar-refractivity contribution in [2.45, 2.75) is 32.4 Å². The minimum Gasteiger partial charge on any atom is -0.371 e. The lowest BCUT2D eigenvalue weighted by Gasteiger charge is -2.19. The van der Waals surface area contributed by atoms with Crippen molar-refractivity contribution in [3.63, 3.8) is 0 Å². The van der Waals surface area contributed by atoms with Crippen LogP contribution < -0.4 is 5.32 Å². The fourth-order valence-corrected chi connectivity index (χ4v) is 2.62. The minimum absolute atomic E-state index is 0.0518. The molecule has 1 amide bonds. The van der Waals surface area contributed by atoms with Crippen molar-refractivity contribution in [1.82, 2.24) is 25.1 Å². The van der Waals surface area contributed by atoms with Crippen molar-refractivity contribution in [1.29, 1.82) is 0 Å². The summed E-state index contributed by atoms with van der Waals surface area (Å²) < 4.78 is 7.61. The third-order valence-electron chi connectivity index (χ3n) is 3.94. The van der Waals surface area contributed by atoms with Crippen LogP contribution >= 0.6 is 0 Å². The van der Waals surface area contributed by atoms with Crippen LogP contribution in [-0.4, -0.2) is 38.3 Å². The van der Waals surface area contributed by atoms with E-state index < -0.39 is 0 Å². The van der Waals surface area contributed by atoms with Crippen molar-refractivity contribution in [2.75, 3.05) is 6.61 Å². The van der Waals surface area contributed by atoms with Gasteiger partial charge in [-0.3, -0.25) is 9.48 Å². The van der Waals surface area contributed by atoms with Gasteiger partial charge in [0.1, 0.15) is 17.6 Å². The first-order valence-electron chi connectivity index (χ1n) is 6.99. The lowest BCUT2D eigenvalue weighted by Crippen LogP contribution is -2.37. The number of hydrogen-bond donors (Lipinski definition) is 2. The monoisotopic (exact) mass is 289 g/mol. The summed E-state index contributed by atoms with van der Waals surface area (Å²) in [5.41, 5.74) is 2.56. The van der Waals surface area contributed by atoms with Crippen molar-refractivity contribution >= 4 is 5.91 Å². The molecule has 7 heteroatoms. The van der Waals surface area contributed by atoms with E-state index in [1.807, 2.05) is 31.8 Å². The molecule has 1 saturated heterocycles. The van der Waals surface area contributed by atoms with Crippen LogP contribution in [0.15, 0.2) is 12.4 Å². The first kappa shape index (κ1) is 13.8. The number of rotatable bonds is 3. The molecular weight excluding hydrogens is 270 g/mol. The molecule has 7 nitrogen and oxygen atoms in total. The van der Waals surface area contributed by atoms with Gasteiger partial charge in [0.25, 0.3) is 5.91 Å². The molecule has 2 aromatic rings. The van der Waals surface area contributed by atoms with Crippen LogP contribution in [0.5, 0.6) is 0 Å². The summed E-state index contributed by atoms with van der Waals surface area (Å²) >= 11 is 0. The highest BCUT2D eigenvalue weighted by Gasteiger charge is 2.33. The molecule has 112 valence electrons. The fraction of sp³-hybridized carbons (Fsp3) is 0.500. The minimum atomic E-state index is -0.155. The van der Waals surface area contributed by atoms with E-state index in [2.05, 4.69) is 20.4 Å². The predicted octanol–water partition coefficient (Wildman–Crippen LogP) is 1.02.